The Morgan fingerprint density at radius 3 is 2.89 bits per heavy atom. The summed E-state index contributed by atoms with van der Waals surface area (Å²) in [6, 6.07) is 6.07. The molecule has 1 aliphatic rings. The second-order valence-electron chi connectivity index (χ2n) is 5.60. The number of benzene rings is 1. The third-order valence-electron chi connectivity index (χ3n) is 3.76. The summed E-state index contributed by atoms with van der Waals surface area (Å²) in [5, 5.41) is 3.00. The normalized spacial score (nSPS) is 20.3. The molecule has 2 rings (SSSR count). The molecule has 0 unspecified atom stereocenters. The van der Waals surface area contributed by atoms with Crippen molar-refractivity contribution in [1.82, 2.24) is 0 Å². The van der Waals surface area contributed by atoms with E-state index in [9.17, 15) is 4.79 Å². The fourth-order valence-corrected chi connectivity index (χ4v) is 2.63. The second kappa shape index (κ2) is 6.20. The molecule has 0 radical (unpaired) electrons. The van der Waals surface area contributed by atoms with Crippen LogP contribution in [0.15, 0.2) is 18.2 Å². The Balaban J connectivity index is 1.89. The molecule has 19 heavy (non-hydrogen) atoms. The third kappa shape index (κ3) is 3.80. The number of amides is 1. The second-order valence-corrected chi connectivity index (χ2v) is 5.60. The quantitative estimate of drug-likeness (QED) is 0.901. The average molecular weight is 261 g/mol. The number of nitrogens with one attached hydrogen (secondary N) is 1. The monoisotopic (exact) mass is 261 g/mol. The highest BCUT2D eigenvalue weighted by Gasteiger charge is 2.24. The van der Waals surface area contributed by atoms with Gasteiger partial charge in [-0.1, -0.05) is 24.6 Å². The molecule has 1 aromatic rings. The van der Waals surface area contributed by atoms with Crippen LogP contribution >= 0.6 is 0 Å². The van der Waals surface area contributed by atoms with Crippen LogP contribution in [0.1, 0.15) is 37.3 Å². The molecule has 1 N–H and O–H groups in total. The van der Waals surface area contributed by atoms with E-state index in [-0.39, 0.29) is 17.9 Å². The van der Waals surface area contributed by atoms with E-state index in [0.29, 0.717) is 6.42 Å². The third-order valence-corrected chi connectivity index (χ3v) is 3.76. The lowest BCUT2D eigenvalue weighted by atomic mass is 9.98. The molecule has 3 nitrogen and oxygen atoms in total. The van der Waals surface area contributed by atoms with Gasteiger partial charge in [0, 0.05) is 18.7 Å². The Kier molecular flexibility index (Phi) is 4.59. The van der Waals surface area contributed by atoms with Crippen molar-refractivity contribution in [2.45, 2.75) is 46.1 Å². The molecule has 1 aliphatic heterocycles. The first kappa shape index (κ1) is 14.1. The minimum atomic E-state index is 0.0787. The molecule has 1 fully saturated rings. The Morgan fingerprint density at radius 1 is 1.47 bits per heavy atom. The fourth-order valence-electron chi connectivity index (χ4n) is 2.63. The highest BCUT2D eigenvalue weighted by atomic mass is 16.5. The lowest BCUT2D eigenvalue weighted by molar-refractivity contribution is -0.117. The minimum absolute atomic E-state index is 0.0787. The van der Waals surface area contributed by atoms with Crippen molar-refractivity contribution in [2.24, 2.45) is 5.92 Å². The maximum absolute atomic E-state index is 12.1. The molecule has 3 heteroatoms. The van der Waals surface area contributed by atoms with Crippen LogP contribution in [0.25, 0.3) is 0 Å². The van der Waals surface area contributed by atoms with Gasteiger partial charge >= 0.3 is 0 Å². The van der Waals surface area contributed by atoms with Gasteiger partial charge in [-0.25, -0.2) is 0 Å². The summed E-state index contributed by atoms with van der Waals surface area (Å²) >= 11 is 0. The van der Waals surface area contributed by atoms with Gasteiger partial charge in [-0.2, -0.15) is 0 Å². The number of carbonyl (C=O) groups is 1. The molecule has 0 aromatic heterocycles. The molecule has 104 valence electrons. The smallest absolute Gasteiger partial charge is 0.224 e. The summed E-state index contributed by atoms with van der Waals surface area (Å²) in [4.78, 5) is 12.1. The van der Waals surface area contributed by atoms with Gasteiger partial charge in [0.2, 0.25) is 5.91 Å². The topological polar surface area (TPSA) is 38.3 Å². The molecule has 1 saturated heterocycles. The Bertz CT molecular complexity index is 450. The summed E-state index contributed by atoms with van der Waals surface area (Å²) in [6.45, 7) is 7.01. The van der Waals surface area contributed by atoms with Crippen LogP contribution in [0.4, 0.5) is 5.69 Å². The van der Waals surface area contributed by atoms with Crippen molar-refractivity contribution in [1.29, 1.82) is 0 Å². The largest absolute Gasteiger partial charge is 0.378 e. The maximum Gasteiger partial charge on any atom is 0.224 e. The zero-order valence-electron chi connectivity index (χ0n) is 12.0. The molecule has 1 aromatic carbocycles. The average Bonchev–Trinajstić information content (AvgIpc) is 2.86. The Labute approximate surface area is 115 Å². The number of rotatable bonds is 4. The van der Waals surface area contributed by atoms with E-state index in [1.54, 1.807) is 0 Å². The first-order valence-electron chi connectivity index (χ1n) is 7.05. The van der Waals surface area contributed by atoms with Gasteiger partial charge in [-0.3, -0.25) is 4.79 Å². The van der Waals surface area contributed by atoms with Gasteiger partial charge < -0.3 is 10.1 Å². The van der Waals surface area contributed by atoms with Crippen molar-refractivity contribution in [3.05, 3.63) is 29.3 Å². The molecule has 0 aliphatic carbocycles. The van der Waals surface area contributed by atoms with Crippen LogP contribution in [0.2, 0.25) is 0 Å². The van der Waals surface area contributed by atoms with E-state index in [1.807, 2.05) is 19.1 Å². The van der Waals surface area contributed by atoms with Crippen LogP contribution in [0.3, 0.4) is 0 Å². The fraction of sp³-hybridized carbons (Fsp3) is 0.562. The lowest BCUT2D eigenvalue weighted by Crippen LogP contribution is -2.23. The molecule has 0 bridgehead atoms. The van der Waals surface area contributed by atoms with E-state index < -0.39 is 0 Å². The zero-order chi connectivity index (χ0) is 13.8. The highest BCUT2D eigenvalue weighted by molar-refractivity contribution is 5.91. The zero-order valence-corrected chi connectivity index (χ0v) is 12.0. The SMILES string of the molecule is Cc1ccc(NC(=O)C[C@H](C)[C@H]2CCCO2)c(C)c1. The molecule has 0 spiro atoms. The van der Waals surface area contributed by atoms with Crippen molar-refractivity contribution in [3.8, 4) is 0 Å². The number of aryl methyl sites for hydroxylation is 2. The van der Waals surface area contributed by atoms with Gasteiger partial charge in [0.25, 0.3) is 0 Å². The van der Waals surface area contributed by atoms with E-state index in [4.69, 9.17) is 4.74 Å². The summed E-state index contributed by atoms with van der Waals surface area (Å²) in [6.07, 6.45) is 2.98. The Morgan fingerprint density at radius 2 is 2.26 bits per heavy atom. The van der Waals surface area contributed by atoms with E-state index in [2.05, 4.69) is 25.2 Å². The summed E-state index contributed by atoms with van der Waals surface area (Å²) in [5.41, 5.74) is 3.23. The summed E-state index contributed by atoms with van der Waals surface area (Å²) in [7, 11) is 0. The molecule has 1 amide bonds. The van der Waals surface area contributed by atoms with E-state index in [1.165, 1.54) is 5.56 Å². The van der Waals surface area contributed by atoms with Crippen LogP contribution in [0.5, 0.6) is 0 Å². The summed E-state index contributed by atoms with van der Waals surface area (Å²) in [5.74, 6) is 0.364. The maximum atomic E-state index is 12.1. The predicted octanol–water partition coefficient (Wildman–Crippen LogP) is 3.45. The first-order chi connectivity index (χ1) is 9.06. The molecular weight excluding hydrogens is 238 g/mol. The van der Waals surface area contributed by atoms with Gasteiger partial charge in [0.15, 0.2) is 0 Å². The minimum Gasteiger partial charge on any atom is -0.378 e. The van der Waals surface area contributed by atoms with Crippen molar-refractivity contribution in [2.75, 3.05) is 11.9 Å². The highest BCUT2D eigenvalue weighted by Crippen LogP contribution is 2.23. The van der Waals surface area contributed by atoms with Crippen LogP contribution < -0.4 is 5.32 Å². The summed E-state index contributed by atoms with van der Waals surface area (Å²) < 4.78 is 5.63. The van der Waals surface area contributed by atoms with Crippen LogP contribution in [0, 0.1) is 19.8 Å². The van der Waals surface area contributed by atoms with Gasteiger partial charge in [-0.15, -0.1) is 0 Å². The molecule has 2 atom stereocenters. The molecule has 0 saturated carbocycles. The van der Waals surface area contributed by atoms with Gasteiger partial charge in [-0.05, 0) is 44.2 Å². The van der Waals surface area contributed by atoms with E-state index in [0.717, 1.165) is 30.7 Å². The number of hydrogen-bond donors (Lipinski definition) is 1. The lowest BCUT2D eigenvalue weighted by Gasteiger charge is -2.18. The number of hydrogen-bond acceptors (Lipinski definition) is 2. The van der Waals surface area contributed by atoms with Crippen LogP contribution in [-0.4, -0.2) is 18.6 Å². The first-order valence-corrected chi connectivity index (χ1v) is 7.05. The van der Waals surface area contributed by atoms with Crippen LogP contribution in [-0.2, 0) is 9.53 Å². The standard InChI is InChI=1S/C16H23NO2/c1-11-6-7-14(12(2)9-11)17-16(18)10-13(3)15-5-4-8-19-15/h6-7,9,13,15H,4-5,8,10H2,1-3H3,(H,17,18)/t13-,15+/m0/s1. The predicted molar refractivity (Wildman–Crippen MR) is 77.3 cm³/mol. The number of carbonyl (C=O) groups excluding carboxylic acids is 1. The van der Waals surface area contributed by atoms with Gasteiger partial charge in [0.1, 0.15) is 0 Å². The molecular formula is C16H23NO2. The van der Waals surface area contributed by atoms with Gasteiger partial charge in [0.05, 0.1) is 6.10 Å². The van der Waals surface area contributed by atoms with Crippen molar-refractivity contribution < 1.29 is 9.53 Å². The molecule has 1 heterocycles. The van der Waals surface area contributed by atoms with Crippen molar-refractivity contribution in [3.63, 3.8) is 0 Å². The number of anilines is 1. The van der Waals surface area contributed by atoms with Crippen molar-refractivity contribution >= 4 is 11.6 Å². The number of ether oxygens (including phenoxy) is 1. The van der Waals surface area contributed by atoms with E-state index >= 15 is 0 Å². The Hall–Kier alpha value is -1.35.